The molecule has 2 heterocycles. The number of carbonyl (C=O) groups is 1. The molecule has 1 amide bonds. The van der Waals surface area contributed by atoms with Crippen molar-refractivity contribution in [2.75, 3.05) is 23.3 Å². The predicted octanol–water partition coefficient (Wildman–Crippen LogP) is 3.12. The lowest BCUT2D eigenvalue weighted by molar-refractivity contribution is -0.137. The first-order valence-electron chi connectivity index (χ1n) is 8.30. The van der Waals surface area contributed by atoms with Crippen molar-refractivity contribution in [1.29, 1.82) is 0 Å². The number of rotatable bonds is 5. The lowest BCUT2D eigenvalue weighted by Crippen LogP contribution is -2.36. The van der Waals surface area contributed by atoms with Crippen molar-refractivity contribution in [3.63, 3.8) is 0 Å². The van der Waals surface area contributed by atoms with E-state index in [2.05, 4.69) is 27.2 Å². The van der Waals surface area contributed by atoms with Crippen molar-refractivity contribution in [3.8, 4) is 0 Å². The van der Waals surface area contributed by atoms with Gasteiger partial charge in [-0.3, -0.25) is 4.79 Å². The van der Waals surface area contributed by atoms with Gasteiger partial charge in [0.2, 0.25) is 5.91 Å². The molecule has 1 aliphatic heterocycles. The molecule has 1 aliphatic rings. The van der Waals surface area contributed by atoms with Crippen molar-refractivity contribution in [2.24, 2.45) is 0 Å². The van der Waals surface area contributed by atoms with Crippen LogP contribution in [-0.4, -0.2) is 35.0 Å². The first kappa shape index (κ1) is 18.7. The summed E-state index contributed by atoms with van der Waals surface area (Å²) in [4.78, 5) is 22.0. The molecule has 3 rings (SSSR count). The molecule has 142 valence electrons. The Morgan fingerprint density at radius 1 is 1.22 bits per heavy atom. The van der Waals surface area contributed by atoms with Crippen LogP contribution >= 0.6 is 0 Å². The highest BCUT2D eigenvalue weighted by molar-refractivity contribution is 5.87. The fourth-order valence-electron chi connectivity index (χ4n) is 2.86. The lowest BCUT2D eigenvalue weighted by atomic mass is 10.2. The van der Waals surface area contributed by atoms with Crippen LogP contribution in [0.5, 0.6) is 0 Å². The molecule has 1 atom stereocenters. The van der Waals surface area contributed by atoms with Crippen LogP contribution in [0.2, 0.25) is 0 Å². The minimum absolute atomic E-state index is 0.0311. The highest BCUT2D eigenvalue weighted by Crippen LogP contribution is 2.31. The summed E-state index contributed by atoms with van der Waals surface area (Å²) in [5, 5.41) is 5.85. The maximum atomic E-state index is 12.7. The molecule has 27 heavy (non-hydrogen) atoms. The summed E-state index contributed by atoms with van der Waals surface area (Å²) >= 11 is 0. The van der Waals surface area contributed by atoms with Crippen LogP contribution in [0.4, 0.5) is 30.5 Å². The van der Waals surface area contributed by atoms with Crippen LogP contribution in [0.3, 0.4) is 0 Å². The summed E-state index contributed by atoms with van der Waals surface area (Å²) in [5.74, 6) is 0.782. The molecule has 1 aromatic heterocycles. The molecule has 2 aromatic rings. The normalized spacial score (nSPS) is 16.9. The van der Waals surface area contributed by atoms with Gasteiger partial charge in [0.1, 0.15) is 0 Å². The molecule has 0 spiro atoms. The number of anilines is 3. The number of carbonyl (C=O) groups excluding carboxylic acids is 1. The van der Waals surface area contributed by atoms with Gasteiger partial charge in [-0.1, -0.05) is 6.58 Å². The summed E-state index contributed by atoms with van der Waals surface area (Å²) in [7, 11) is 0. The van der Waals surface area contributed by atoms with Gasteiger partial charge in [-0.2, -0.15) is 13.2 Å². The summed E-state index contributed by atoms with van der Waals surface area (Å²) in [6.07, 6.45) is 0.640. The van der Waals surface area contributed by atoms with Gasteiger partial charge in [-0.05, 0) is 36.8 Å². The lowest BCUT2D eigenvalue weighted by Gasteiger charge is -2.20. The predicted molar refractivity (Wildman–Crippen MR) is 95.7 cm³/mol. The van der Waals surface area contributed by atoms with Gasteiger partial charge in [0.25, 0.3) is 0 Å². The van der Waals surface area contributed by atoms with E-state index in [0.717, 1.165) is 18.6 Å². The van der Waals surface area contributed by atoms with E-state index < -0.39 is 11.7 Å². The van der Waals surface area contributed by atoms with Crippen LogP contribution in [0.1, 0.15) is 12.0 Å². The first-order valence-corrected chi connectivity index (χ1v) is 8.30. The van der Waals surface area contributed by atoms with E-state index in [1.54, 1.807) is 6.20 Å². The molecule has 6 nitrogen and oxygen atoms in total. The first-order chi connectivity index (χ1) is 12.9. The standard InChI is InChI=1S/C18H18F3N5O/c1-2-15(27)24-14-7-10-26(11-14)17-16(22-8-9-23-17)25-13-5-3-12(4-6-13)18(19,20)21/h2-6,8-9,14H,1,7,10-11H2,(H,22,25)(H,24,27). The topological polar surface area (TPSA) is 70.2 Å². The second kappa shape index (κ2) is 7.65. The van der Waals surface area contributed by atoms with Gasteiger partial charge >= 0.3 is 6.18 Å². The SMILES string of the molecule is C=CC(=O)NC1CCN(c2nccnc2Nc2ccc(C(F)(F)F)cc2)C1. The third-order valence-electron chi connectivity index (χ3n) is 4.17. The zero-order chi connectivity index (χ0) is 19.4. The molecule has 1 saturated heterocycles. The van der Waals surface area contributed by atoms with Crippen molar-refractivity contribution in [3.05, 3.63) is 54.9 Å². The van der Waals surface area contributed by atoms with E-state index in [9.17, 15) is 18.0 Å². The maximum absolute atomic E-state index is 12.7. The Balaban J connectivity index is 1.73. The van der Waals surface area contributed by atoms with E-state index in [1.165, 1.54) is 24.4 Å². The largest absolute Gasteiger partial charge is 0.416 e. The van der Waals surface area contributed by atoms with Crippen molar-refractivity contribution >= 4 is 23.2 Å². The van der Waals surface area contributed by atoms with Crippen molar-refractivity contribution in [2.45, 2.75) is 18.6 Å². The quantitative estimate of drug-likeness (QED) is 0.784. The van der Waals surface area contributed by atoms with E-state index in [-0.39, 0.29) is 11.9 Å². The second-order valence-electron chi connectivity index (χ2n) is 6.07. The second-order valence-corrected chi connectivity index (χ2v) is 6.07. The number of hydrogen-bond donors (Lipinski definition) is 2. The van der Waals surface area contributed by atoms with Gasteiger partial charge in [0, 0.05) is 37.2 Å². The monoisotopic (exact) mass is 377 g/mol. The Morgan fingerprint density at radius 3 is 2.59 bits per heavy atom. The number of halogens is 3. The molecular weight excluding hydrogens is 359 g/mol. The Hall–Kier alpha value is -3.10. The van der Waals surface area contributed by atoms with E-state index >= 15 is 0 Å². The third kappa shape index (κ3) is 4.55. The molecule has 0 aliphatic carbocycles. The third-order valence-corrected chi connectivity index (χ3v) is 4.17. The van der Waals surface area contributed by atoms with Crippen LogP contribution in [0.15, 0.2) is 49.3 Å². The van der Waals surface area contributed by atoms with Gasteiger partial charge in [0.05, 0.1) is 5.56 Å². The minimum atomic E-state index is -4.38. The molecule has 1 unspecified atom stereocenters. The molecule has 0 saturated carbocycles. The summed E-state index contributed by atoms with van der Waals surface area (Å²) in [6.45, 7) is 4.66. The molecular formula is C18H18F3N5O. The Kier molecular flexibility index (Phi) is 5.29. The number of aromatic nitrogens is 2. The van der Waals surface area contributed by atoms with Crippen LogP contribution in [0.25, 0.3) is 0 Å². The highest BCUT2D eigenvalue weighted by atomic mass is 19.4. The molecule has 0 bridgehead atoms. The fraction of sp³-hybridized carbons (Fsp3) is 0.278. The number of hydrogen-bond acceptors (Lipinski definition) is 5. The fourth-order valence-corrected chi connectivity index (χ4v) is 2.86. The van der Waals surface area contributed by atoms with Gasteiger partial charge in [-0.25, -0.2) is 9.97 Å². The van der Waals surface area contributed by atoms with E-state index in [0.29, 0.717) is 30.4 Å². The van der Waals surface area contributed by atoms with Gasteiger partial charge in [-0.15, -0.1) is 0 Å². The van der Waals surface area contributed by atoms with Gasteiger partial charge in [0.15, 0.2) is 11.6 Å². The summed E-state index contributed by atoms with van der Waals surface area (Å²) in [6, 6.07) is 4.68. The molecule has 1 aromatic carbocycles. The Bertz CT molecular complexity index is 822. The minimum Gasteiger partial charge on any atom is -0.351 e. The molecule has 2 N–H and O–H groups in total. The zero-order valence-corrected chi connectivity index (χ0v) is 14.3. The average Bonchev–Trinajstić information content (AvgIpc) is 3.10. The smallest absolute Gasteiger partial charge is 0.351 e. The number of benzene rings is 1. The van der Waals surface area contributed by atoms with E-state index in [1.807, 2.05) is 4.90 Å². The van der Waals surface area contributed by atoms with Crippen LogP contribution in [-0.2, 0) is 11.0 Å². The molecule has 0 radical (unpaired) electrons. The molecule has 1 fully saturated rings. The Morgan fingerprint density at radius 2 is 1.93 bits per heavy atom. The van der Waals surface area contributed by atoms with Gasteiger partial charge < -0.3 is 15.5 Å². The number of alkyl halides is 3. The average molecular weight is 377 g/mol. The maximum Gasteiger partial charge on any atom is 0.416 e. The number of amides is 1. The number of nitrogens with zero attached hydrogens (tertiary/aromatic N) is 3. The summed E-state index contributed by atoms with van der Waals surface area (Å²) < 4.78 is 38.0. The zero-order valence-electron chi connectivity index (χ0n) is 14.3. The van der Waals surface area contributed by atoms with E-state index in [4.69, 9.17) is 0 Å². The number of nitrogens with one attached hydrogen (secondary N) is 2. The molecule has 9 heteroatoms. The Labute approximate surface area is 154 Å². The van der Waals surface area contributed by atoms with Crippen molar-refractivity contribution in [1.82, 2.24) is 15.3 Å². The van der Waals surface area contributed by atoms with Crippen LogP contribution in [0, 0.1) is 0 Å². The highest BCUT2D eigenvalue weighted by Gasteiger charge is 2.30. The van der Waals surface area contributed by atoms with Crippen molar-refractivity contribution < 1.29 is 18.0 Å². The van der Waals surface area contributed by atoms with Crippen LogP contribution < -0.4 is 15.5 Å². The summed E-state index contributed by atoms with van der Waals surface area (Å²) in [5.41, 5.74) is -0.242.